The van der Waals surface area contributed by atoms with E-state index in [0.29, 0.717) is 19.0 Å². The fraction of sp³-hybridized carbons (Fsp3) is 0.375. The van der Waals surface area contributed by atoms with Gasteiger partial charge in [0.1, 0.15) is 0 Å². The number of nitrogens with zero attached hydrogens (tertiary/aromatic N) is 4. The van der Waals surface area contributed by atoms with Crippen LogP contribution in [0.15, 0.2) is 52.6 Å². The largest absolute Gasteiger partial charge is 0.356 e. The van der Waals surface area contributed by atoms with Crippen molar-refractivity contribution in [2.24, 2.45) is 4.99 Å². The van der Waals surface area contributed by atoms with E-state index in [2.05, 4.69) is 25.4 Å². The second kappa shape index (κ2) is 10.4. The molecule has 0 amide bonds. The summed E-state index contributed by atoms with van der Waals surface area (Å²) in [5.41, 5.74) is -0.277. The van der Waals surface area contributed by atoms with Gasteiger partial charge in [-0.2, -0.15) is 5.10 Å². The van der Waals surface area contributed by atoms with E-state index in [0.717, 1.165) is 19.0 Å². The smallest absolute Gasteiger partial charge is 0.270 e. The van der Waals surface area contributed by atoms with Crippen LogP contribution in [0.3, 0.4) is 0 Å². The highest BCUT2D eigenvalue weighted by Gasteiger charge is 2.16. The monoisotopic (exact) mass is 409 g/mol. The lowest BCUT2D eigenvalue weighted by Crippen LogP contribution is -2.41. The predicted molar refractivity (Wildman–Crippen MR) is 104 cm³/mol. The molecule has 0 atom stereocenters. The lowest BCUT2D eigenvalue weighted by molar-refractivity contribution is -0.385. The number of hydrogen-bond donors (Lipinski definition) is 3. The third-order valence-electron chi connectivity index (χ3n) is 3.69. The molecule has 2 rings (SSSR count). The number of hydrogen-bond acceptors (Lipinski definition) is 6. The molecule has 0 fully saturated rings. The molecule has 12 heteroatoms. The molecule has 152 valence electrons. The lowest BCUT2D eigenvalue weighted by Gasteiger charge is -2.12. The SMILES string of the molecule is CN=C(NCCCn1cccn1)NCCNS(=O)(=O)c1cccc([N+](=O)[O-])c1. The lowest BCUT2D eigenvalue weighted by atomic mass is 10.3. The van der Waals surface area contributed by atoms with E-state index >= 15 is 0 Å². The minimum absolute atomic E-state index is 0.0962. The molecule has 3 N–H and O–H groups in total. The third kappa shape index (κ3) is 6.63. The molecule has 2 aromatic rings. The summed E-state index contributed by atoms with van der Waals surface area (Å²) in [6, 6.07) is 6.77. The summed E-state index contributed by atoms with van der Waals surface area (Å²) in [4.78, 5) is 14.1. The zero-order chi connectivity index (χ0) is 20.4. The Morgan fingerprint density at radius 2 is 2.04 bits per heavy atom. The number of aliphatic imine (C=N–C) groups is 1. The molecule has 1 aromatic carbocycles. The Morgan fingerprint density at radius 1 is 1.25 bits per heavy atom. The quantitative estimate of drug-likeness (QED) is 0.169. The molecule has 0 saturated heterocycles. The Hall–Kier alpha value is -2.99. The highest BCUT2D eigenvalue weighted by molar-refractivity contribution is 7.89. The second-order valence-electron chi connectivity index (χ2n) is 5.70. The first-order valence-electron chi connectivity index (χ1n) is 8.58. The first-order valence-corrected chi connectivity index (χ1v) is 10.1. The highest BCUT2D eigenvalue weighted by Crippen LogP contribution is 2.16. The molecule has 1 aromatic heterocycles. The van der Waals surface area contributed by atoms with Crippen LogP contribution in [0.1, 0.15) is 6.42 Å². The maximum absolute atomic E-state index is 12.2. The van der Waals surface area contributed by atoms with Crippen molar-refractivity contribution in [3.8, 4) is 0 Å². The highest BCUT2D eigenvalue weighted by atomic mass is 32.2. The molecule has 0 saturated carbocycles. The Bertz CT molecular complexity index is 897. The maximum Gasteiger partial charge on any atom is 0.270 e. The van der Waals surface area contributed by atoms with Crippen LogP contribution < -0.4 is 15.4 Å². The fourth-order valence-corrected chi connectivity index (χ4v) is 3.39. The van der Waals surface area contributed by atoms with Crippen molar-refractivity contribution in [3.63, 3.8) is 0 Å². The Morgan fingerprint density at radius 3 is 2.71 bits per heavy atom. The topological polar surface area (TPSA) is 144 Å². The number of sulfonamides is 1. The van der Waals surface area contributed by atoms with E-state index in [1.807, 2.05) is 16.9 Å². The van der Waals surface area contributed by atoms with Crippen LogP contribution in [-0.2, 0) is 16.6 Å². The van der Waals surface area contributed by atoms with Gasteiger partial charge in [0.15, 0.2) is 5.96 Å². The van der Waals surface area contributed by atoms with Crippen molar-refractivity contribution in [2.75, 3.05) is 26.7 Å². The van der Waals surface area contributed by atoms with Crippen molar-refractivity contribution in [1.82, 2.24) is 25.1 Å². The maximum atomic E-state index is 12.2. The van der Waals surface area contributed by atoms with Crippen LogP contribution in [0.25, 0.3) is 0 Å². The molecule has 0 radical (unpaired) electrons. The van der Waals surface area contributed by atoms with Gasteiger partial charge in [0, 0.05) is 57.8 Å². The van der Waals surface area contributed by atoms with E-state index in [9.17, 15) is 18.5 Å². The van der Waals surface area contributed by atoms with Gasteiger partial charge in [-0.05, 0) is 18.6 Å². The summed E-state index contributed by atoms with van der Waals surface area (Å²) in [5.74, 6) is 0.551. The number of aryl methyl sites for hydroxylation is 1. The average molecular weight is 409 g/mol. The summed E-state index contributed by atoms with van der Waals surface area (Å²) in [5, 5.41) is 21.0. The van der Waals surface area contributed by atoms with Gasteiger partial charge < -0.3 is 10.6 Å². The number of nitrogens with one attached hydrogen (secondary N) is 3. The van der Waals surface area contributed by atoms with E-state index in [1.165, 1.54) is 18.2 Å². The van der Waals surface area contributed by atoms with Crippen molar-refractivity contribution >= 4 is 21.7 Å². The molecule has 28 heavy (non-hydrogen) atoms. The zero-order valence-electron chi connectivity index (χ0n) is 15.4. The van der Waals surface area contributed by atoms with E-state index < -0.39 is 14.9 Å². The summed E-state index contributed by atoms with van der Waals surface area (Å²) in [6.45, 7) is 1.85. The van der Waals surface area contributed by atoms with E-state index in [4.69, 9.17) is 0 Å². The normalized spacial score (nSPS) is 12.0. The van der Waals surface area contributed by atoms with Gasteiger partial charge in [-0.3, -0.25) is 19.8 Å². The summed E-state index contributed by atoms with van der Waals surface area (Å²) in [7, 11) is -2.21. The predicted octanol–water partition coefficient (Wildman–Crippen LogP) is 0.325. The molecule has 0 unspecified atom stereocenters. The van der Waals surface area contributed by atoms with Crippen LogP contribution in [0.2, 0.25) is 0 Å². The Labute approximate surface area is 163 Å². The van der Waals surface area contributed by atoms with Crippen LogP contribution in [0.4, 0.5) is 5.69 Å². The Kier molecular flexibility index (Phi) is 7.89. The summed E-state index contributed by atoms with van der Waals surface area (Å²) in [6.07, 6.45) is 4.46. The zero-order valence-corrected chi connectivity index (χ0v) is 16.2. The number of aromatic nitrogens is 2. The van der Waals surface area contributed by atoms with Crippen molar-refractivity contribution in [3.05, 3.63) is 52.8 Å². The van der Waals surface area contributed by atoms with Crippen LogP contribution in [0.5, 0.6) is 0 Å². The van der Waals surface area contributed by atoms with Crippen LogP contribution >= 0.6 is 0 Å². The summed E-state index contributed by atoms with van der Waals surface area (Å²) < 4.78 is 28.7. The molecular weight excluding hydrogens is 386 g/mol. The molecule has 0 aliphatic heterocycles. The number of nitro benzene ring substituents is 1. The van der Waals surface area contributed by atoms with Gasteiger partial charge in [0.05, 0.1) is 9.82 Å². The van der Waals surface area contributed by atoms with Crippen molar-refractivity contribution in [2.45, 2.75) is 17.9 Å². The van der Waals surface area contributed by atoms with Crippen LogP contribution in [0, 0.1) is 10.1 Å². The van der Waals surface area contributed by atoms with Gasteiger partial charge in [0.25, 0.3) is 5.69 Å². The molecule has 0 aliphatic carbocycles. The number of guanidine groups is 1. The van der Waals surface area contributed by atoms with Gasteiger partial charge >= 0.3 is 0 Å². The van der Waals surface area contributed by atoms with E-state index in [-0.39, 0.29) is 17.1 Å². The second-order valence-corrected chi connectivity index (χ2v) is 7.47. The fourth-order valence-electron chi connectivity index (χ4n) is 2.32. The molecule has 1 heterocycles. The molecular formula is C16H23N7O4S. The van der Waals surface area contributed by atoms with Crippen molar-refractivity contribution in [1.29, 1.82) is 0 Å². The number of nitro groups is 1. The molecule has 0 spiro atoms. The number of non-ortho nitro benzene ring substituents is 1. The first-order chi connectivity index (χ1) is 13.4. The summed E-state index contributed by atoms with van der Waals surface area (Å²) >= 11 is 0. The van der Waals surface area contributed by atoms with Gasteiger partial charge in [-0.1, -0.05) is 6.07 Å². The van der Waals surface area contributed by atoms with Gasteiger partial charge in [-0.25, -0.2) is 13.1 Å². The van der Waals surface area contributed by atoms with E-state index in [1.54, 1.807) is 13.2 Å². The van der Waals surface area contributed by atoms with Crippen molar-refractivity contribution < 1.29 is 13.3 Å². The average Bonchev–Trinajstić information content (AvgIpc) is 3.20. The third-order valence-corrected chi connectivity index (χ3v) is 5.15. The molecule has 11 nitrogen and oxygen atoms in total. The standard InChI is InChI=1S/C16H23N7O4S/c1-17-16(18-7-3-11-22-12-4-8-20-22)19-9-10-21-28(26,27)15-6-2-5-14(13-15)23(24)25/h2,4-6,8,12-13,21H,3,7,9-11H2,1H3,(H2,17,18,19). The molecule has 0 bridgehead atoms. The van der Waals surface area contributed by atoms with Crippen LogP contribution in [-0.4, -0.2) is 55.8 Å². The number of benzene rings is 1. The van der Waals surface area contributed by atoms with Gasteiger partial charge in [0.2, 0.25) is 10.0 Å². The first kappa shape index (κ1) is 21.3. The number of rotatable bonds is 10. The Balaban J connectivity index is 1.72. The van der Waals surface area contributed by atoms with Gasteiger partial charge in [-0.15, -0.1) is 0 Å². The minimum Gasteiger partial charge on any atom is -0.356 e. The minimum atomic E-state index is -3.83. The molecule has 0 aliphatic rings.